The molecular formula is C21H26FN3O2. The molecule has 0 aromatic heterocycles. The Kier molecular flexibility index (Phi) is 7.79. The summed E-state index contributed by atoms with van der Waals surface area (Å²) in [6.45, 7) is 4.72. The van der Waals surface area contributed by atoms with Gasteiger partial charge in [-0.1, -0.05) is 49.4 Å². The predicted molar refractivity (Wildman–Crippen MR) is 103 cm³/mol. The van der Waals surface area contributed by atoms with E-state index >= 15 is 0 Å². The molecule has 3 amide bonds. The van der Waals surface area contributed by atoms with Gasteiger partial charge in [0.1, 0.15) is 5.82 Å². The largest absolute Gasteiger partial charge is 0.334 e. The molecule has 0 saturated heterocycles. The first-order valence-corrected chi connectivity index (χ1v) is 9.09. The van der Waals surface area contributed by atoms with Crippen molar-refractivity contribution in [2.75, 3.05) is 6.54 Å². The second kappa shape index (κ2) is 10.3. The first-order chi connectivity index (χ1) is 13.0. The summed E-state index contributed by atoms with van der Waals surface area (Å²) in [5.74, 6) is -0.456. The summed E-state index contributed by atoms with van der Waals surface area (Å²) in [6.07, 6.45) is 0.829. The third kappa shape index (κ3) is 6.73. The summed E-state index contributed by atoms with van der Waals surface area (Å²) in [4.78, 5) is 26.3. The highest BCUT2D eigenvalue weighted by atomic mass is 19.1. The van der Waals surface area contributed by atoms with Crippen molar-refractivity contribution in [1.29, 1.82) is 0 Å². The van der Waals surface area contributed by atoms with Crippen LogP contribution >= 0.6 is 0 Å². The smallest absolute Gasteiger partial charge is 0.315 e. The lowest BCUT2D eigenvalue weighted by Crippen LogP contribution is -2.46. The van der Waals surface area contributed by atoms with Gasteiger partial charge in [0.25, 0.3) is 0 Å². The molecule has 6 heteroatoms. The first-order valence-electron chi connectivity index (χ1n) is 9.09. The zero-order valence-corrected chi connectivity index (χ0v) is 15.7. The Morgan fingerprint density at radius 1 is 1.00 bits per heavy atom. The zero-order chi connectivity index (χ0) is 19.6. The fraction of sp³-hybridized carbons (Fsp3) is 0.333. The summed E-state index contributed by atoms with van der Waals surface area (Å²) >= 11 is 0. The minimum Gasteiger partial charge on any atom is -0.334 e. The molecule has 0 aliphatic carbocycles. The average molecular weight is 371 g/mol. The number of hydrogen-bond donors (Lipinski definition) is 2. The van der Waals surface area contributed by atoms with Crippen LogP contribution in [-0.4, -0.2) is 29.4 Å². The van der Waals surface area contributed by atoms with Crippen molar-refractivity contribution in [3.63, 3.8) is 0 Å². The maximum Gasteiger partial charge on any atom is 0.315 e. The number of nitrogens with zero attached hydrogens (tertiary/aromatic N) is 1. The first kappa shape index (κ1) is 20.4. The third-order valence-corrected chi connectivity index (χ3v) is 4.41. The predicted octanol–water partition coefficient (Wildman–Crippen LogP) is 3.45. The van der Waals surface area contributed by atoms with Gasteiger partial charge in [0.15, 0.2) is 0 Å². The Labute approximate surface area is 159 Å². The SMILES string of the molecule is CCC(C)N(Cc1ccccc1)C(=O)CNC(=O)NCc1ccc(F)cc1. The second-order valence-electron chi connectivity index (χ2n) is 6.43. The molecule has 5 nitrogen and oxygen atoms in total. The van der Waals surface area contributed by atoms with Gasteiger partial charge in [-0.2, -0.15) is 0 Å². The monoisotopic (exact) mass is 371 g/mol. The molecule has 0 saturated carbocycles. The van der Waals surface area contributed by atoms with Crippen molar-refractivity contribution in [1.82, 2.24) is 15.5 Å². The van der Waals surface area contributed by atoms with Gasteiger partial charge in [-0.25, -0.2) is 9.18 Å². The molecular weight excluding hydrogens is 345 g/mol. The molecule has 0 radical (unpaired) electrons. The molecule has 0 bridgehead atoms. The van der Waals surface area contributed by atoms with E-state index in [1.165, 1.54) is 12.1 Å². The second-order valence-corrected chi connectivity index (χ2v) is 6.43. The molecule has 0 aliphatic heterocycles. The highest BCUT2D eigenvalue weighted by molar-refractivity contribution is 5.84. The standard InChI is InChI=1S/C21H26FN3O2/c1-3-16(2)25(15-18-7-5-4-6-8-18)20(26)14-24-21(27)23-13-17-9-11-19(22)12-10-17/h4-12,16H,3,13-15H2,1-2H3,(H2,23,24,27). The molecule has 0 aliphatic rings. The van der Waals surface area contributed by atoms with Crippen LogP contribution in [0.15, 0.2) is 54.6 Å². The Hall–Kier alpha value is -2.89. The van der Waals surface area contributed by atoms with E-state index in [2.05, 4.69) is 10.6 Å². The molecule has 0 spiro atoms. The summed E-state index contributed by atoms with van der Waals surface area (Å²) in [7, 11) is 0. The highest BCUT2D eigenvalue weighted by Crippen LogP contribution is 2.11. The van der Waals surface area contributed by atoms with Gasteiger partial charge in [-0.3, -0.25) is 4.79 Å². The van der Waals surface area contributed by atoms with Crippen LogP contribution in [0.5, 0.6) is 0 Å². The van der Waals surface area contributed by atoms with Crippen LogP contribution in [-0.2, 0) is 17.9 Å². The van der Waals surface area contributed by atoms with Crippen molar-refractivity contribution in [3.05, 3.63) is 71.5 Å². The molecule has 144 valence electrons. The van der Waals surface area contributed by atoms with Gasteiger partial charge in [0.2, 0.25) is 5.91 Å². The number of amides is 3. The summed E-state index contributed by atoms with van der Waals surface area (Å²) < 4.78 is 12.9. The van der Waals surface area contributed by atoms with Crippen LogP contribution in [0.1, 0.15) is 31.4 Å². The topological polar surface area (TPSA) is 61.4 Å². The van der Waals surface area contributed by atoms with E-state index in [-0.39, 0.29) is 30.9 Å². The molecule has 2 rings (SSSR count). The molecule has 2 aromatic carbocycles. The van der Waals surface area contributed by atoms with Gasteiger partial charge < -0.3 is 15.5 Å². The Morgan fingerprint density at radius 3 is 2.30 bits per heavy atom. The van der Waals surface area contributed by atoms with Crippen molar-refractivity contribution in [2.45, 2.75) is 39.4 Å². The third-order valence-electron chi connectivity index (χ3n) is 4.41. The summed E-state index contributed by atoms with van der Waals surface area (Å²) in [5.41, 5.74) is 1.83. The number of halogens is 1. The molecule has 0 fully saturated rings. The van der Waals surface area contributed by atoms with Crippen molar-refractivity contribution in [3.8, 4) is 0 Å². The van der Waals surface area contributed by atoms with E-state index < -0.39 is 6.03 Å². The van der Waals surface area contributed by atoms with Gasteiger partial charge in [0.05, 0.1) is 6.54 Å². The van der Waals surface area contributed by atoms with Gasteiger partial charge in [-0.05, 0) is 36.6 Å². The number of benzene rings is 2. The molecule has 2 N–H and O–H groups in total. The van der Waals surface area contributed by atoms with Crippen LogP contribution < -0.4 is 10.6 Å². The average Bonchev–Trinajstić information content (AvgIpc) is 2.70. The van der Waals surface area contributed by atoms with E-state index in [0.29, 0.717) is 6.54 Å². The number of rotatable bonds is 8. The number of urea groups is 1. The maximum atomic E-state index is 12.9. The normalized spacial score (nSPS) is 11.5. The zero-order valence-electron chi connectivity index (χ0n) is 15.7. The van der Waals surface area contributed by atoms with Crippen molar-refractivity contribution >= 4 is 11.9 Å². The van der Waals surface area contributed by atoms with Crippen LogP contribution in [0, 0.1) is 5.82 Å². The highest BCUT2D eigenvalue weighted by Gasteiger charge is 2.19. The van der Waals surface area contributed by atoms with E-state index in [0.717, 1.165) is 17.5 Å². The maximum absolute atomic E-state index is 12.9. The van der Waals surface area contributed by atoms with Crippen molar-refractivity contribution in [2.24, 2.45) is 0 Å². The van der Waals surface area contributed by atoms with E-state index in [9.17, 15) is 14.0 Å². The van der Waals surface area contributed by atoms with Gasteiger partial charge in [-0.15, -0.1) is 0 Å². The lowest BCUT2D eigenvalue weighted by atomic mass is 10.1. The Balaban J connectivity index is 1.84. The minimum absolute atomic E-state index is 0.0711. The van der Waals surface area contributed by atoms with Crippen LogP contribution in [0.25, 0.3) is 0 Å². The number of carbonyl (C=O) groups excluding carboxylic acids is 2. The summed E-state index contributed by atoms with van der Waals surface area (Å²) in [6, 6.07) is 15.3. The van der Waals surface area contributed by atoms with Gasteiger partial charge in [0, 0.05) is 19.1 Å². The molecule has 1 unspecified atom stereocenters. The minimum atomic E-state index is -0.434. The van der Waals surface area contributed by atoms with E-state index in [1.54, 1.807) is 17.0 Å². The molecule has 0 heterocycles. The number of carbonyl (C=O) groups is 2. The van der Waals surface area contributed by atoms with Crippen LogP contribution in [0.2, 0.25) is 0 Å². The van der Waals surface area contributed by atoms with Crippen molar-refractivity contribution < 1.29 is 14.0 Å². The fourth-order valence-electron chi connectivity index (χ4n) is 2.59. The number of hydrogen-bond acceptors (Lipinski definition) is 2. The molecule has 1 atom stereocenters. The molecule has 2 aromatic rings. The lowest BCUT2D eigenvalue weighted by molar-refractivity contribution is -0.132. The Bertz CT molecular complexity index is 735. The Morgan fingerprint density at radius 2 is 1.67 bits per heavy atom. The van der Waals surface area contributed by atoms with Crippen LogP contribution in [0.3, 0.4) is 0 Å². The quantitative estimate of drug-likeness (QED) is 0.747. The lowest BCUT2D eigenvalue weighted by Gasteiger charge is -2.29. The van der Waals surface area contributed by atoms with Crippen LogP contribution in [0.4, 0.5) is 9.18 Å². The molecule has 27 heavy (non-hydrogen) atoms. The summed E-state index contributed by atoms with van der Waals surface area (Å²) in [5, 5.41) is 5.26. The van der Waals surface area contributed by atoms with E-state index in [1.807, 2.05) is 44.2 Å². The fourth-order valence-corrected chi connectivity index (χ4v) is 2.59. The van der Waals surface area contributed by atoms with Gasteiger partial charge >= 0.3 is 6.03 Å². The van der Waals surface area contributed by atoms with E-state index in [4.69, 9.17) is 0 Å². The number of nitrogens with one attached hydrogen (secondary N) is 2.